The van der Waals surface area contributed by atoms with Crippen molar-refractivity contribution >= 4 is 50.6 Å². The number of carboxylic acid groups (broad SMARTS) is 1. The van der Waals surface area contributed by atoms with Gasteiger partial charge in [0.15, 0.2) is 5.75 Å². The third-order valence-electron chi connectivity index (χ3n) is 4.16. The molecule has 8 nitrogen and oxygen atoms in total. The second kappa shape index (κ2) is 9.65. The molecule has 12 heteroatoms. The standard InChI is InChI=1S/C21H14Cl2FNO7S/c22-15-7-12(25-19(27)10-20(28)29)8-16(23)21(15)32-13-3-6-17(26)18(9-13)33(30,31)14-4-1-11(24)2-5-14/h1-9,26H,10H2,(H,25,27)(H,28,29). The average Bonchev–Trinajstić information content (AvgIpc) is 2.71. The second-order valence-corrected chi connectivity index (χ2v) is 9.31. The van der Waals surface area contributed by atoms with E-state index in [1.54, 1.807) is 0 Å². The van der Waals surface area contributed by atoms with Crippen molar-refractivity contribution in [1.29, 1.82) is 0 Å². The number of nitrogens with one attached hydrogen (secondary N) is 1. The van der Waals surface area contributed by atoms with Crippen LogP contribution in [0.1, 0.15) is 6.42 Å². The van der Waals surface area contributed by atoms with Crippen LogP contribution in [0.25, 0.3) is 0 Å². The van der Waals surface area contributed by atoms with Gasteiger partial charge in [-0.15, -0.1) is 0 Å². The maximum absolute atomic E-state index is 13.2. The van der Waals surface area contributed by atoms with E-state index in [2.05, 4.69) is 5.32 Å². The monoisotopic (exact) mass is 513 g/mol. The maximum atomic E-state index is 13.2. The lowest BCUT2D eigenvalue weighted by Gasteiger charge is -2.14. The molecule has 0 aliphatic rings. The molecule has 0 spiro atoms. The molecule has 1 amide bonds. The van der Waals surface area contributed by atoms with Crippen LogP contribution in [0.2, 0.25) is 10.0 Å². The fraction of sp³-hybridized carbons (Fsp3) is 0.0476. The maximum Gasteiger partial charge on any atom is 0.312 e. The van der Waals surface area contributed by atoms with Crippen LogP contribution >= 0.6 is 23.2 Å². The fourth-order valence-corrected chi connectivity index (χ4v) is 4.63. The molecule has 0 aromatic heterocycles. The molecule has 0 saturated carbocycles. The van der Waals surface area contributed by atoms with Crippen LogP contribution in [0.4, 0.5) is 10.1 Å². The molecule has 0 fully saturated rings. The highest BCUT2D eigenvalue weighted by Gasteiger charge is 2.23. The smallest absolute Gasteiger partial charge is 0.312 e. The zero-order valence-corrected chi connectivity index (χ0v) is 18.7. The molecule has 172 valence electrons. The molecular weight excluding hydrogens is 500 g/mol. The summed E-state index contributed by atoms with van der Waals surface area (Å²) in [7, 11) is -4.21. The average molecular weight is 514 g/mol. The van der Waals surface area contributed by atoms with Gasteiger partial charge >= 0.3 is 5.97 Å². The molecule has 0 saturated heterocycles. The van der Waals surface area contributed by atoms with Crippen molar-refractivity contribution in [2.45, 2.75) is 16.2 Å². The van der Waals surface area contributed by atoms with E-state index in [0.29, 0.717) is 0 Å². The molecule has 33 heavy (non-hydrogen) atoms. The van der Waals surface area contributed by atoms with E-state index in [1.165, 1.54) is 18.2 Å². The molecule has 0 heterocycles. The van der Waals surface area contributed by atoms with Gasteiger partial charge in [-0.05, 0) is 48.5 Å². The molecule has 3 N–H and O–H groups in total. The van der Waals surface area contributed by atoms with Crippen LogP contribution in [0.3, 0.4) is 0 Å². The molecule has 3 rings (SSSR count). The van der Waals surface area contributed by atoms with Crippen molar-refractivity contribution in [3.05, 3.63) is 70.5 Å². The Morgan fingerprint density at radius 1 is 1.00 bits per heavy atom. The predicted molar refractivity (Wildman–Crippen MR) is 117 cm³/mol. The van der Waals surface area contributed by atoms with Gasteiger partial charge in [0.1, 0.15) is 28.6 Å². The zero-order valence-electron chi connectivity index (χ0n) is 16.4. The Bertz CT molecular complexity index is 1320. The molecular formula is C21H14Cl2FNO7S. The first kappa shape index (κ1) is 24.3. The van der Waals surface area contributed by atoms with E-state index in [0.717, 1.165) is 36.4 Å². The number of aromatic hydroxyl groups is 1. The Morgan fingerprint density at radius 3 is 2.18 bits per heavy atom. The molecule has 0 bridgehead atoms. The Kier molecular flexibility index (Phi) is 7.11. The van der Waals surface area contributed by atoms with Crippen LogP contribution in [-0.4, -0.2) is 30.5 Å². The Hall–Kier alpha value is -3.34. The predicted octanol–water partition coefficient (Wildman–Crippen LogP) is 4.88. The van der Waals surface area contributed by atoms with Gasteiger partial charge in [0.05, 0.1) is 14.9 Å². The SMILES string of the molecule is O=C(O)CC(=O)Nc1cc(Cl)c(Oc2ccc(O)c(S(=O)(=O)c3ccc(F)cc3)c2)c(Cl)c1. The summed E-state index contributed by atoms with van der Waals surface area (Å²) in [5, 5.41) is 20.9. The number of carbonyl (C=O) groups is 2. The highest BCUT2D eigenvalue weighted by atomic mass is 35.5. The van der Waals surface area contributed by atoms with Crippen molar-refractivity contribution < 1.29 is 37.3 Å². The van der Waals surface area contributed by atoms with Crippen molar-refractivity contribution in [2.24, 2.45) is 0 Å². The van der Waals surface area contributed by atoms with Crippen molar-refractivity contribution in [3.8, 4) is 17.2 Å². The minimum atomic E-state index is -4.21. The largest absolute Gasteiger partial charge is 0.507 e. The zero-order chi connectivity index (χ0) is 24.3. The molecule has 0 aliphatic carbocycles. The number of amides is 1. The van der Waals surface area contributed by atoms with E-state index in [1.807, 2.05) is 0 Å². The summed E-state index contributed by atoms with van der Waals surface area (Å²) in [4.78, 5) is 21.5. The molecule has 0 aliphatic heterocycles. The minimum Gasteiger partial charge on any atom is -0.507 e. The summed E-state index contributed by atoms with van der Waals surface area (Å²) < 4.78 is 44.5. The van der Waals surface area contributed by atoms with E-state index < -0.39 is 44.6 Å². The third kappa shape index (κ3) is 5.72. The van der Waals surface area contributed by atoms with E-state index in [4.69, 9.17) is 33.0 Å². The molecule has 0 atom stereocenters. The highest BCUT2D eigenvalue weighted by molar-refractivity contribution is 7.91. The second-order valence-electron chi connectivity index (χ2n) is 6.58. The molecule has 0 radical (unpaired) electrons. The first-order chi connectivity index (χ1) is 15.5. The molecule has 3 aromatic rings. The lowest BCUT2D eigenvalue weighted by atomic mass is 10.2. The number of carboxylic acids is 1. The summed E-state index contributed by atoms with van der Waals surface area (Å²) in [6.07, 6.45) is -0.758. The van der Waals surface area contributed by atoms with Gasteiger partial charge < -0.3 is 20.3 Å². The summed E-state index contributed by atoms with van der Waals surface area (Å²) in [5.41, 5.74) is 0.119. The van der Waals surface area contributed by atoms with Crippen LogP contribution < -0.4 is 10.1 Å². The molecule has 3 aromatic carbocycles. The summed E-state index contributed by atoms with van der Waals surface area (Å²) in [5.74, 6) is -3.41. The molecule has 0 unspecified atom stereocenters. The highest BCUT2D eigenvalue weighted by Crippen LogP contribution is 2.40. The number of anilines is 1. The third-order valence-corrected chi connectivity index (χ3v) is 6.52. The van der Waals surface area contributed by atoms with E-state index in [-0.39, 0.29) is 32.1 Å². The van der Waals surface area contributed by atoms with Crippen LogP contribution in [-0.2, 0) is 19.4 Å². The minimum absolute atomic E-state index is 0.0417. The number of halogens is 3. The first-order valence-corrected chi connectivity index (χ1v) is 11.2. The van der Waals surface area contributed by atoms with Crippen LogP contribution in [0.15, 0.2) is 64.4 Å². The van der Waals surface area contributed by atoms with Gasteiger partial charge in [-0.2, -0.15) is 0 Å². The lowest BCUT2D eigenvalue weighted by molar-refractivity contribution is -0.139. The quantitative estimate of drug-likeness (QED) is 0.303. The van der Waals surface area contributed by atoms with Gasteiger partial charge in [-0.25, -0.2) is 12.8 Å². The first-order valence-electron chi connectivity index (χ1n) is 8.99. The van der Waals surface area contributed by atoms with Gasteiger partial charge in [-0.3, -0.25) is 9.59 Å². The van der Waals surface area contributed by atoms with Crippen molar-refractivity contribution in [2.75, 3.05) is 5.32 Å². The summed E-state index contributed by atoms with van der Waals surface area (Å²) >= 11 is 12.3. The number of aliphatic carboxylic acids is 1. The number of carbonyl (C=O) groups excluding carboxylic acids is 1. The number of benzene rings is 3. The fourth-order valence-electron chi connectivity index (χ4n) is 2.70. The number of hydrogen-bond donors (Lipinski definition) is 3. The Labute approximate surface area is 197 Å². The lowest BCUT2D eigenvalue weighted by Crippen LogP contribution is -2.15. The Balaban J connectivity index is 1.91. The van der Waals surface area contributed by atoms with Gasteiger partial charge in [0.25, 0.3) is 0 Å². The van der Waals surface area contributed by atoms with Crippen LogP contribution in [0.5, 0.6) is 17.2 Å². The van der Waals surface area contributed by atoms with Gasteiger partial charge in [0, 0.05) is 11.8 Å². The van der Waals surface area contributed by atoms with E-state index >= 15 is 0 Å². The topological polar surface area (TPSA) is 130 Å². The van der Waals surface area contributed by atoms with Gasteiger partial charge in [-0.1, -0.05) is 23.2 Å². The number of phenolic OH excluding ortho intramolecular Hbond substituents is 1. The van der Waals surface area contributed by atoms with Crippen LogP contribution in [0, 0.1) is 5.82 Å². The normalized spacial score (nSPS) is 11.1. The number of hydrogen-bond acceptors (Lipinski definition) is 6. The number of phenols is 1. The summed E-state index contributed by atoms with van der Waals surface area (Å²) in [6.45, 7) is 0. The van der Waals surface area contributed by atoms with E-state index in [9.17, 15) is 27.5 Å². The van der Waals surface area contributed by atoms with Crippen molar-refractivity contribution in [3.63, 3.8) is 0 Å². The Morgan fingerprint density at radius 2 is 1.61 bits per heavy atom. The van der Waals surface area contributed by atoms with Gasteiger partial charge in [0.2, 0.25) is 15.7 Å². The number of sulfone groups is 1. The number of ether oxygens (including phenoxy) is 1. The number of rotatable bonds is 7. The van der Waals surface area contributed by atoms with Crippen molar-refractivity contribution in [1.82, 2.24) is 0 Å². The summed E-state index contributed by atoms with van der Waals surface area (Å²) in [6, 6.07) is 10.00.